The highest BCUT2D eigenvalue weighted by molar-refractivity contribution is 5.95. The first kappa shape index (κ1) is 30.4. The molecule has 0 bridgehead atoms. The van der Waals surface area contributed by atoms with Crippen molar-refractivity contribution in [2.45, 2.75) is 25.3 Å². The van der Waals surface area contributed by atoms with Crippen molar-refractivity contribution < 1.29 is 37.0 Å². The number of piperidine rings is 1. The number of alkyl halides is 2. The summed E-state index contributed by atoms with van der Waals surface area (Å²) in [5, 5.41) is 12.7. The molecule has 8 nitrogen and oxygen atoms in total. The minimum absolute atomic E-state index is 0.00815. The molecule has 2 N–H and O–H groups in total. The van der Waals surface area contributed by atoms with Crippen LogP contribution in [0.5, 0.6) is 11.5 Å². The highest BCUT2D eigenvalue weighted by Crippen LogP contribution is 2.38. The van der Waals surface area contributed by atoms with Crippen molar-refractivity contribution in [3.8, 4) is 22.6 Å². The number of hydrogen-bond acceptors (Lipinski definition) is 6. The number of fused-ring (bicyclic) bond motifs is 1. The molecule has 2 aromatic heterocycles. The fraction of sp³-hybridized carbons (Fsp3) is 0.171. The molecule has 1 amide bonds. The van der Waals surface area contributed by atoms with Gasteiger partial charge in [0.2, 0.25) is 0 Å². The van der Waals surface area contributed by atoms with Crippen LogP contribution < -0.4 is 10.1 Å². The van der Waals surface area contributed by atoms with E-state index in [9.17, 15) is 22.8 Å². The summed E-state index contributed by atoms with van der Waals surface area (Å²) in [7, 11) is 0. The molecular formula is C35H28F3N3O5. The second-order valence-corrected chi connectivity index (χ2v) is 10.9. The number of nitrogens with zero attached hydrogens (tertiary/aromatic N) is 2. The van der Waals surface area contributed by atoms with Crippen molar-refractivity contribution >= 4 is 34.7 Å². The number of hydrogen-bond donors (Lipinski definition) is 2. The first-order valence-electron chi connectivity index (χ1n) is 14.5. The summed E-state index contributed by atoms with van der Waals surface area (Å²) in [5.41, 5.74) is 3.01. The second-order valence-electron chi connectivity index (χ2n) is 10.9. The largest absolute Gasteiger partial charge is 0.478 e. The van der Waals surface area contributed by atoms with Crippen LogP contribution in [0.1, 0.15) is 34.5 Å². The topological polar surface area (TPSA) is 105 Å². The van der Waals surface area contributed by atoms with Crippen LogP contribution in [0.2, 0.25) is 0 Å². The molecule has 5 aromatic rings. The maximum absolute atomic E-state index is 14.0. The minimum atomic E-state index is -2.74. The molecule has 0 atom stereocenters. The first-order valence-corrected chi connectivity index (χ1v) is 14.5. The molecule has 0 unspecified atom stereocenters. The van der Waals surface area contributed by atoms with Crippen LogP contribution in [0.3, 0.4) is 0 Å². The molecule has 0 spiro atoms. The van der Waals surface area contributed by atoms with Crippen LogP contribution in [-0.2, 0) is 11.3 Å². The Morgan fingerprint density at radius 2 is 1.78 bits per heavy atom. The third-order valence-corrected chi connectivity index (χ3v) is 7.55. The predicted molar refractivity (Wildman–Crippen MR) is 166 cm³/mol. The molecule has 0 aliphatic carbocycles. The number of carboxylic acids is 1. The number of aromatic nitrogens is 1. The quantitative estimate of drug-likeness (QED) is 0.160. The van der Waals surface area contributed by atoms with Gasteiger partial charge in [0.15, 0.2) is 11.3 Å². The molecule has 1 aliphatic rings. The van der Waals surface area contributed by atoms with E-state index in [-0.39, 0.29) is 44.1 Å². The van der Waals surface area contributed by atoms with Gasteiger partial charge < -0.3 is 24.5 Å². The van der Waals surface area contributed by atoms with E-state index in [1.54, 1.807) is 54.7 Å². The second kappa shape index (κ2) is 12.8. The van der Waals surface area contributed by atoms with E-state index >= 15 is 0 Å². The van der Waals surface area contributed by atoms with Crippen LogP contribution in [0.25, 0.3) is 28.2 Å². The molecule has 0 saturated carbocycles. The van der Waals surface area contributed by atoms with Gasteiger partial charge in [0.05, 0.1) is 6.54 Å². The summed E-state index contributed by atoms with van der Waals surface area (Å²) in [5.74, 6) is -2.77. The van der Waals surface area contributed by atoms with E-state index in [1.165, 1.54) is 29.2 Å². The van der Waals surface area contributed by atoms with Gasteiger partial charge in [0.25, 0.3) is 11.8 Å². The number of furan rings is 1. The Hall–Kier alpha value is -5.58. The lowest BCUT2D eigenvalue weighted by Crippen LogP contribution is -2.42. The summed E-state index contributed by atoms with van der Waals surface area (Å²) in [4.78, 5) is 29.4. The molecular weight excluding hydrogens is 599 g/mol. The number of likely N-dealkylation sites (tertiary alicyclic amines) is 1. The van der Waals surface area contributed by atoms with Gasteiger partial charge in [0, 0.05) is 55.2 Å². The van der Waals surface area contributed by atoms with E-state index < -0.39 is 17.7 Å². The lowest BCUT2D eigenvalue weighted by molar-refractivity contribution is -0.131. The zero-order chi connectivity index (χ0) is 32.3. The maximum Gasteiger partial charge on any atom is 0.328 e. The van der Waals surface area contributed by atoms with Gasteiger partial charge in [0.1, 0.15) is 23.1 Å². The summed E-state index contributed by atoms with van der Waals surface area (Å²) in [6, 6.07) is 21.6. The third-order valence-electron chi connectivity index (χ3n) is 7.55. The molecule has 3 aromatic carbocycles. The number of benzene rings is 3. The number of aliphatic carboxylic acids is 1. The van der Waals surface area contributed by atoms with Gasteiger partial charge in [-0.2, -0.15) is 0 Å². The van der Waals surface area contributed by atoms with Crippen LogP contribution in [-0.4, -0.2) is 45.9 Å². The van der Waals surface area contributed by atoms with E-state index in [2.05, 4.69) is 10.3 Å². The van der Waals surface area contributed by atoms with Crippen molar-refractivity contribution in [3.05, 3.63) is 114 Å². The van der Waals surface area contributed by atoms with E-state index in [0.29, 0.717) is 34.0 Å². The Labute approximate surface area is 261 Å². The summed E-state index contributed by atoms with van der Waals surface area (Å²) in [6.07, 6.45) is 3.33. The Morgan fingerprint density at radius 1 is 1.00 bits per heavy atom. The van der Waals surface area contributed by atoms with Crippen molar-refractivity contribution in [2.24, 2.45) is 0 Å². The number of carbonyl (C=O) groups excluding carboxylic acids is 1. The SMILES string of the molecule is O=C(O)/C=C/c1ccc(NCc2cc3cc(-c4ccc(C(=O)N5CCC(F)(F)CC5)cc4)cc(Oc4cccc(F)c4)c3o2)nc1. The fourth-order valence-corrected chi connectivity index (χ4v) is 5.14. The van der Waals surface area contributed by atoms with Crippen LogP contribution in [0.4, 0.5) is 19.0 Å². The zero-order valence-electron chi connectivity index (χ0n) is 24.4. The third kappa shape index (κ3) is 7.20. The van der Waals surface area contributed by atoms with E-state index in [4.69, 9.17) is 14.3 Å². The highest BCUT2D eigenvalue weighted by Gasteiger charge is 2.35. The number of anilines is 1. The number of amides is 1. The standard InChI is InChI=1S/C35H28F3N3O5/c36-27-2-1-3-28(19-27)45-30-18-25(23-6-8-24(9-7-23)34(44)41-14-12-35(37,38)13-15-41)16-26-17-29(46-33(26)30)21-40-31-10-4-22(20-39-31)5-11-32(42)43/h1-11,16-20H,12-15,21H2,(H,39,40)(H,42,43)/b11-5+. The van der Waals surface area contributed by atoms with Crippen LogP contribution in [0.15, 0.2) is 95.6 Å². The molecule has 6 rings (SSSR count). The molecule has 3 heterocycles. The molecule has 1 saturated heterocycles. The molecule has 1 fully saturated rings. The molecule has 11 heteroatoms. The van der Waals surface area contributed by atoms with E-state index in [1.807, 2.05) is 12.1 Å². The smallest absolute Gasteiger partial charge is 0.328 e. The average molecular weight is 628 g/mol. The molecule has 234 valence electrons. The number of carbonyl (C=O) groups is 2. The lowest BCUT2D eigenvalue weighted by atomic mass is 10.0. The predicted octanol–water partition coefficient (Wildman–Crippen LogP) is 8.01. The summed E-state index contributed by atoms with van der Waals surface area (Å²) >= 11 is 0. The number of rotatable bonds is 9. The molecule has 46 heavy (non-hydrogen) atoms. The van der Waals surface area contributed by atoms with Crippen LogP contribution >= 0.6 is 0 Å². The van der Waals surface area contributed by atoms with Crippen molar-refractivity contribution in [3.63, 3.8) is 0 Å². The number of ether oxygens (including phenoxy) is 1. The van der Waals surface area contributed by atoms with Crippen molar-refractivity contribution in [1.82, 2.24) is 9.88 Å². The minimum Gasteiger partial charge on any atom is -0.478 e. The first-order chi connectivity index (χ1) is 22.1. The Balaban J connectivity index is 1.25. The Kier molecular flexibility index (Phi) is 8.47. The number of pyridine rings is 1. The number of halogens is 3. The van der Waals surface area contributed by atoms with Crippen LogP contribution in [0, 0.1) is 5.82 Å². The molecule has 0 radical (unpaired) electrons. The van der Waals surface area contributed by atoms with Crippen molar-refractivity contribution in [2.75, 3.05) is 18.4 Å². The molecule has 1 aliphatic heterocycles. The Bertz CT molecular complexity index is 1910. The monoisotopic (exact) mass is 627 g/mol. The average Bonchev–Trinajstić information content (AvgIpc) is 3.46. The Morgan fingerprint density at radius 3 is 2.48 bits per heavy atom. The van der Waals surface area contributed by atoms with E-state index in [0.717, 1.165) is 22.6 Å². The number of nitrogens with one attached hydrogen (secondary N) is 1. The summed E-state index contributed by atoms with van der Waals surface area (Å²) in [6.45, 7) is 0.294. The normalized spacial score (nSPS) is 14.5. The van der Waals surface area contributed by atoms with Gasteiger partial charge in [-0.05, 0) is 77.4 Å². The fourth-order valence-electron chi connectivity index (χ4n) is 5.14. The van der Waals surface area contributed by atoms with Crippen molar-refractivity contribution in [1.29, 1.82) is 0 Å². The van der Waals surface area contributed by atoms with Gasteiger partial charge in [-0.15, -0.1) is 0 Å². The van der Waals surface area contributed by atoms with Gasteiger partial charge in [-0.1, -0.05) is 18.2 Å². The van der Waals surface area contributed by atoms with Gasteiger partial charge >= 0.3 is 5.97 Å². The zero-order valence-corrected chi connectivity index (χ0v) is 24.4. The summed E-state index contributed by atoms with van der Waals surface area (Å²) < 4.78 is 53.3. The lowest BCUT2D eigenvalue weighted by Gasteiger charge is -2.31. The maximum atomic E-state index is 14.0. The van der Waals surface area contributed by atoms with Gasteiger partial charge in [-0.3, -0.25) is 4.79 Å². The number of carboxylic acid groups (broad SMARTS) is 1. The highest BCUT2D eigenvalue weighted by atomic mass is 19.3. The van der Waals surface area contributed by atoms with Gasteiger partial charge in [-0.25, -0.2) is 22.9 Å².